The first-order chi connectivity index (χ1) is 8.88. The molecule has 0 aliphatic rings. The van der Waals surface area contributed by atoms with Crippen LogP contribution in [0.5, 0.6) is 0 Å². The number of rotatable bonds is 4. The minimum Gasteiger partial charge on any atom is -0.308 e. The highest BCUT2D eigenvalue weighted by atomic mass is 32.2. The van der Waals surface area contributed by atoms with Crippen LogP contribution in [0.1, 0.15) is 5.69 Å². The second-order valence-electron chi connectivity index (χ2n) is 3.99. The predicted molar refractivity (Wildman–Crippen MR) is 68.3 cm³/mol. The van der Waals surface area contributed by atoms with Crippen molar-refractivity contribution >= 4 is 15.7 Å². The van der Waals surface area contributed by atoms with Crippen LogP contribution in [-0.4, -0.2) is 18.2 Å². The zero-order valence-electron chi connectivity index (χ0n) is 10.4. The molecular weight excluding hydrogens is 271 g/mol. The van der Waals surface area contributed by atoms with Crippen molar-refractivity contribution < 1.29 is 12.8 Å². The molecule has 0 radical (unpaired) electrons. The topological polar surface area (TPSA) is 76.0 Å². The number of benzene rings is 1. The van der Waals surface area contributed by atoms with Gasteiger partial charge in [0.1, 0.15) is 10.7 Å². The smallest absolute Gasteiger partial charge is 0.260 e. The number of sulfonamides is 1. The second-order valence-corrected chi connectivity index (χ2v) is 5.64. The molecule has 6 nitrogen and oxygen atoms in total. The van der Waals surface area contributed by atoms with Gasteiger partial charge in [-0.25, -0.2) is 12.8 Å². The Kier molecular flexibility index (Phi) is 3.54. The number of aromatic nitrogens is 2. The Morgan fingerprint density at radius 1 is 1.37 bits per heavy atom. The number of nitrogens with zero attached hydrogens (tertiary/aromatic N) is 2. The van der Waals surface area contributed by atoms with Crippen LogP contribution in [0, 0.1) is 12.7 Å². The average Bonchev–Trinajstić information content (AvgIpc) is 2.67. The molecule has 0 amide bonds. The second kappa shape index (κ2) is 4.98. The van der Waals surface area contributed by atoms with E-state index in [0.717, 1.165) is 0 Å². The lowest BCUT2D eigenvalue weighted by Crippen LogP contribution is -2.29. The summed E-state index contributed by atoms with van der Waals surface area (Å²) in [6.07, 6.45) is 1.39. The lowest BCUT2D eigenvalue weighted by molar-refractivity contribution is 0.586. The van der Waals surface area contributed by atoms with Gasteiger partial charge in [0.2, 0.25) is 0 Å². The maximum Gasteiger partial charge on any atom is 0.260 e. The van der Waals surface area contributed by atoms with Gasteiger partial charge in [-0.2, -0.15) is 5.10 Å². The third-order valence-electron chi connectivity index (χ3n) is 2.41. The summed E-state index contributed by atoms with van der Waals surface area (Å²) in [4.78, 5) is 2.24. The van der Waals surface area contributed by atoms with Gasteiger partial charge in [-0.3, -0.25) is 4.68 Å². The van der Waals surface area contributed by atoms with Gasteiger partial charge in [-0.05, 0) is 25.1 Å². The van der Waals surface area contributed by atoms with E-state index < -0.39 is 15.8 Å². The van der Waals surface area contributed by atoms with Gasteiger partial charge in [0.15, 0.2) is 0 Å². The minimum atomic E-state index is -3.75. The van der Waals surface area contributed by atoms with Crippen LogP contribution in [0.25, 0.3) is 0 Å². The van der Waals surface area contributed by atoms with Crippen LogP contribution in [0.2, 0.25) is 0 Å². The lowest BCUT2D eigenvalue weighted by atomic mass is 10.3. The first-order valence-corrected chi connectivity index (χ1v) is 6.90. The van der Waals surface area contributed by atoms with Crippen molar-refractivity contribution in [1.82, 2.24) is 14.6 Å². The largest absolute Gasteiger partial charge is 0.308 e. The first-order valence-electron chi connectivity index (χ1n) is 5.42. The fraction of sp³-hybridized carbons (Fsp3) is 0.182. The zero-order valence-corrected chi connectivity index (χ0v) is 11.2. The van der Waals surface area contributed by atoms with Crippen molar-refractivity contribution in [3.63, 3.8) is 0 Å². The Hall–Kier alpha value is -1.93. The van der Waals surface area contributed by atoms with Gasteiger partial charge in [-0.1, -0.05) is 6.07 Å². The summed E-state index contributed by atoms with van der Waals surface area (Å²) in [5, 5.41) is 3.96. The molecule has 1 aromatic heterocycles. The maximum atomic E-state index is 12.9. The number of anilines is 1. The van der Waals surface area contributed by atoms with Crippen LogP contribution in [0.4, 0.5) is 10.1 Å². The third kappa shape index (κ3) is 3.09. The molecule has 19 heavy (non-hydrogen) atoms. The number of hydrogen-bond donors (Lipinski definition) is 2. The molecule has 0 aliphatic carbocycles. The monoisotopic (exact) mass is 284 g/mol. The summed E-state index contributed by atoms with van der Waals surface area (Å²) in [7, 11) is -2.12. The van der Waals surface area contributed by atoms with Crippen molar-refractivity contribution in [2.24, 2.45) is 7.05 Å². The lowest BCUT2D eigenvalue weighted by Gasteiger charge is -2.08. The zero-order chi connectivity index (χ0) is 14.0. The summed E-state index contributed by atoms with van der Waals surface area (Å²) < 4.78 is 38.4. The van der Waals surface area contributed by atoms with Crippen molar-refractivity contribution in [2.45, 2.75) is 11.8 Å². The van der Waals surface area contributed by atoms with Gasteiger partial charge in [0, 0.05) is 13.2 Å². The van der Waals surface area contributed by atoms with Crippen LogP contribution in [0.3, 0.4) is 0 Å². The van der Waals surface area contributed by atoms with E-state index in [1.165, 1.54) is 29.1 Å². The summed E-state index contributed by atoms with van der Waals surface area (Å²) in [6, 6.07) is 5.46. The Morgan fingerprint density at radius 3 is 2.68 bits per heavy atom. The van der Waals surface area contributed by atoms with E-state index in [9.17, 15) is 12.8 Å². The molecule has 0 aliphatic heterocycles. The highest BCUT2D eigenvalue weighted by Crippen LogP contribution is 2.13. The average molecular weight is 284 g/mol. The standard InChI is InChI=1S/C11H13FN4O2S/c1-8-11(7-16(2)14-8)19(17,18)15-13-10-5-3-4-9(12)6-10/h3-7,13,15H,1-2H3. The molecule has 102 valence electrons. The van der Waals surface area contributed by atoms with Gasteiger partial charge >= 0.3 is 0 Å². The molecular formula is C11H13FN4O2S. The van der Waals surface area contributed by atoms with Crippen molar-refractivity contribution in [2.75, 3.05) is 5.43 Å². The fourth-order valence-corrected chi connectivity index (χ4v) is 2.67. The minimum absolute atomic E-state index is 0.0684. The first kappa shape index (κ1) is 13.5. The van der Waals surface area contributed by atoms with E-state index in [4.69, 9.17) is 0 Å². The van der Waals surface area contributed by atoms with E-state index in [1.807, 2.05) is 0 Å². The van der Waals surface area contributed by atoms with E-state index in [0.29, 0.717) is 11.4 Å². The van der Waals surface area contributed by atoms with Crippen LogP contribution >= 0.6 is 0 Å². The summed E-state index contributed by atoms with van der Waals surface area (Å²) >= 11 is 0. The molecule has 2 aromatic rings. The molecule has 0 saturated heterocycles. The van der Waals surface area contributed by atoms with Crippen molar-refractivity contribution in [3.8, 4) is 0 Å². The molecule has 0 fully saturated rings. The quantitative estimate of drug-likeness (QED) is 0.826. The molecule has 0 spiro atoms. The van der Waals surface area contributed by atoms with E-state index in [-0.39, 0.29) is 4.90 Å². The normalized spacial score (nSPS) is 11.5. The Morgan fingerprint density at radius 2 is 2.11 bits per heavy atom. The van der Waals surface area contributed by atoms with Crippen molar-refractivity contribution in [3.05, 3.63) is 42.0 Å². The van der Waals surface area contributed by atoms with Crippen LogP contribution in [-0.2, 0) is 17.1 Å². The molecule has 2 rings (SSSR count). The highest BCUT2D eigenvalue weighted by molar-refractivity contribution is 7.89. The Labute approximate surface area is 110 Å². The molecule has 0 bridgehead atoms. The number of hydrazine groups is 1. The number of hydrogen-bond acceptors (Lipinski definition) is 4. The third-order valence-corrected chi connectivity index (χ3v) is 3.76. The molecule has 8 heteroatoms. The number of aryl methyl sites for hydroxylation is 2. The summed E-state index contributed by atoms with van der Waals surface area (Å²) in [6.45, 7) is 1.59. The SMILES string of the molecule is Cc1nn(C)cc1S(=O)(=O)NNc1cccc(F)c1. The summed E-state index contributed by atoms with van der Waals surface area (Å²) in [5.74, 6) is -0.457. The van der Waals surface area contributed by atoms with Gasteiger partial charge in [0.25, 0.3) is 10.0 Å². The van der Waals surface area contributed by atoms with Gasteiger partial charge in [-0.15, -0.1) is 4.83 Å². The van der Waals surface area contributed by atoms with Crippen molar-refractivity contribution in [1.29, 1.82) is 0 Å². The molecule has 0 saturated carbocycles. The predicted octanol–water partition coefficient (Wildman–Crippen LogP) is 1.17. The number of nitrogens with one attached hydrogen (secondary N) is 2. The molecule has 0 unspecified atom stereocenters. The van der Waals surface area contributed by atoms with Crippen LogP contribution < -0.4 is 10.3 Å². The van der Waals surface area contributed by atoms with E-state index >= 15 is 0 Å². The molecule has 2 N–H and O–H groups in total. The Balaban J connectivity index is 2.16. The Bertz CT molecular complexity index is 696. The van der Waals surface area contributed by atoms with Gasteiger partial charge < -0.3 is 5.43 Å². The highest BCUT2D eigenvalue weighted by Gasteiger charge is 2.19. The van der Waals surface area contributed by atoms with E-state index in [2.05, 4.69) is 15.4 Å². The fourth-order valence-electron chi connectivity index (χ4n) is 1.59. The van der Waals surface area contributed by atoms with Gasteiger partial charge in [0.05, 0.1) is 11.4 Å². The number of halogens is 1. The maximum absolute atomic E-state index is 12.9. The molecule has 1 aromatic carbocycles. The van der Waals surface area contributed by atoms with E-state index in [1.54, 1.807) is 20.0 Å². The summed E-state index contributed by atoms with van der Waals surface area (Å²) in [5.41, 5.74) is 3.14. The molecule has 0 atom stereocenters. The molecule has 1 heterocycles. The van der Waals surface area contributed by atoms with Crippen LogP contribution in [0.15, 0.2) is 35.4 Å².